The van der Waals surface area contributed by atoms with Crippen LogP contribution in [0.25, 0.3) is 0 Å². The second-order valence-corrected chi connectivity index (χ2v) is 18.4. The van der Waals surface area contributed by atoms with Crippen molar-refractivity contribution in [2.45, 2.75) is 147 Å². The number of nitrogens with one attached hydrogen (secondary N) is 8. The maximum absolute atomic E-state index is 14.2. The van der Waals surface area contributed by atoms with Crippen LogP contribution in [0.1, 0.15) is 91.5 Å². The van der Waals surface area contributed by atoms with Crippen LogP contribution >= 0.6 is 0 Å². The first-order chi connectivity index (χ1) is 35.1. The molecule has 1 rings (SSSR count). The van der Waals surface area contributed by atoms with Gasteiger partial charge in [-0.1, -0.05) is 58.0 Å². The summed E-state index contributed by atoms with van der Waals surface area (Å²) in [6.45, 7) is 7.80. The minimum atomic E-state index is -1.82. The van der Waals surface area contributed by atoms with E-state index in [4.69, 9.17) is 40.1 Å². The van der Waals surface area contributed by atoms with Crippen molar-refractivity contribution in [3.05, 3.63) is 35.9 Å². The van der Waals surface area contributed by atoms with Gasteiger partial charge >= 0.3 is 5.97 Å². The van der Waals surface area contributed by atoms with Crippen molar-refractivity contribution in [2.75, 3.05) is 13.1 Å². The highest BCUT2D eigenvalue weighted by Gasteiger charge is 2.36. The molecule has 0 aliphatic rings. The smallest absolute Gasteiger partial charge is 0.326 e. The molecular formula is C46H76N16O13. The van der Waals surface area contributed by atoms with Crippen LogP contribution in [-0.2, 0) is 64.0 Å². The Bertz CT molecular complexity index is 2190. The van der Waals surface area contributed by atoms with E-state index in [1.54, 1.807) is 58.0 Å². The van der Waals surface area contributed by atoms with Gasteiger partial charge in [-0.15, -0.1) is 0 Å². The lowest BCUT2D eigenvalue weighted by Crippen LogP contribution is -2.61. The monoisotopic (exact) mass is 1060 g/mol. The maximum Gasteiger partial charge on any atom is 0.326 e. The van der Waals surface area contributed by atoms with E-state index in [0.717, 1.165) is 0 Å². The van der Waals surface area contributed by atoms with Gasteiger partial charge in [0.05, 0.1) is 25.3 Å². The number of amides is 11. The summed E-state index contributed by atoms with van der Waals surface area (Å²) in [6.07, 6.45) is -1.34. The maximum atomic E-state index is 14.2. The molecule has 1 aromatic rings. The number of aliphatic imine (C=N–C) groups is 1. The van der Waals surface area contributed by atoms with Gasteiger partial charge in [-0.3, -0.25) is 57.7 Å². The lowest BCUT2D eigenvalue weighted by atomic mass is 9.99. The van der Waals surface area contributed by atoms with Crippen LogP contribution in [0.15, 0.2) is 35.3 Å². The van der Waals surface area contributed by atoms with Gasteiger partial charge in [0, 0.05) is 13.0 Å². The number of carboxylic acids is 1. The molecule has 0 aliphatic heterocycles. The van der Waals surface area contributed by atoms with Gasteiger partial charge in [0.15, 0.2) is 5.96 Å². The molecule has 0 saturated carbocycles. The summed E-state index contributed by atoms with van der Waals surface area (Å²) in [6, 6.07) is -4.53. The van der Waals surface area contributed by atoms with Crippen LogP contribution in [-0.4, -0.2) is 149 Å². The molecule has 0 bridgehead atoms. The number of carbonyl (C=O) groups is 12. The first-order valence-corrected chi connectivity index (χ1v) is 24.1. The standard InChI is InChI=1S/C46H76N16O13/c1-22(2)35(43(72)55-24(5)37(66)58-30(20-33(50)64)42(71)60-31(45(74)75)21-34(51)65)61-40(69)28(15-11-17-54-46(52)53)57-44(73)36(23(3)4)62-39(68)27(14-9-10-16-47)56-41(70)29(18-25-12-7-6-8-13-25)59-38(67)26(48)19-32(49)63/h6-8,12-13,22-24,26-31,35-36H,9-11,14-21,47-48H2,1-5H3,(H2,49,63)(H2,50,64)(H2,51,65)(H,55,72)(H,56,70)(H,57,73)(H,58,66)(H,59,67)(H,60,71)(H,61,69)(H,62,68)(H,74,75)(H4,52,53,54)/t24-,26-,27-,28-,29-,30-,31-,35-,36-/m0/s1. The molecule has 0 aliphatic carbocycles. The molecule has 418 valence electrons. The van der Waals surface area contributed by atoms with Gasteiger partial charge in [0.1, 0.15) is 48.3 Å². The Morgan fingerprint density at radius 3 is 1.40 bits per heavy atom. The van der Waals surface area contributed by atoms with E-state index in [1.807, 2.05) is 5.32 Å². The number of benzene rings is 1. The SMILES string of the molecule is CC(C)[C@H](NC(=O)[C@H](CCCN=C(N)N)NC(=O)[C@@H](NC(=O)[C@H](CCCCN)NC(=O)[C@H](Cc1ccccc1)NC(=O)[C@@H](N)CC(N)=O)C(C)C)C(=O)N[C@@H](C)C(=O)N[C@@H](CC(N)=O)C(=O)N[C@@H](CC(N)=O)C(=O)O. The molecule has 0 spiro atoms. The number of primary amides is 3. The van der Waals surface area contributed by atoms with Gasteiger partial charge in [-0.2, -0.15) is 0 Å². The molecule has 11 amide bonds. The molecule has 29 heteroatoms. The lowest BCUT2D eigenvalue weighted by Gasteiger charge is -2.29. The molecular weight excluding hydrogens is 985 g/mol. The highest BCUT2D eigenvalue weighted by atomic mass is 16.4. The summed E-state index contributed by atoms with van der Waals surface area (Å²) >= 11 is 0. The highest BCUT2D eigenvalue weighted by molar-refractivity contribution is 5.99. The fourth-order valence-corrected chi connectivity index (χ4v) is 7.04. The zero-order chi connectivity index (χ0) is 57.1. The van der Waals surface area contributed by atoms with Crippen molar-refractivity contribution in [1.29, 1.82) is 0 Å². The Kier molecular flexibility index (Phi) is 28.6. The average molecular weight is 1060 g/mol. The number of guanidine groups is 1. The predicted molar refractivity (Wildman–Crippen MR) is 271 cm³/mol. The van der Waals surface area contributed by atoms with E-state index in [-0.39, 0.29) is 44.7 Å². The second kappa shape index (κ2) is 33.0. The Hall–Kier alpha value is -7.95. The highest BCUT2D eigenvalue weighted by Crippen LogP contribution is 2.12. The van der Waals surface area contributed by atoms with Gasteiger partial charge in [-0.05, 0) is 63.0 Å². The molecule has 0 saturated heterocycles. The number of hydrogen-bond donors (Lipinski definition) is 16. The van der Waals surface area contributed by atoms with Crippen molar-refractivity contribution < 1.29 is 62.6 Å². The number of carbonyl (C=O) groups excluding carboxylic acids is 11. The third-order valence-electron chi connectivity index (χ3n) is 11.1. The number of aliphatic carboxylic acids is 1. The summed E-state index contributed by atoms with van der Waals surface area (Å²) in [5.74, 6) is -13.6. The molecule has 0 radical (unpaired) electrons. The molecule has 29 nitrogen and oxygen atoms in total. The number of unbranched alkanes of at least 4 members (excludes halogenated alkanes) is 1. The largest absolute Gasteiger partial charge is 0.480 e. The summed E-state index contributed by atoms with van der Waals surface area (Å²) in [5.41, 5.74) is 38.7. The van der Waals surface area contributed by atoms with Crippen LogP contribution in [0.5, 0.6) is 0 Å². The predicted octanol–water partition coefficient (Wildman–Crippen LogP) is -6.34. The number of carboxylic acid groups (broad SMARTS) is 1. The molecule has 0 fully saturated rings. The Balaban J connectivity index is 3.43. The fourth-order valence-electron chi connectivity index (χ4n) is 7.04. The molecule has 75 heavy (non-hydrogen) atoms. The molecule has 0 heterocycles. The normalized spacial score (nSPS) is 14.6. The number of nitrogens with zero attached hydrogens (tertiary/aromatic N) is 1. The zero-order valence-electron chi connectivity index (χ0n) is 42.9. The van der Waals surface area contributed by atoms with E-state index in [2.05, 4.69) is 42.2 Å². The average Bonchev–Trinajstić information content (AvgIpc) is 3.31. The fraction of sp³-hybridized carbons (Fsp3) is 0.587. The first kappa shape index (κ1) is 65.1. The van der Waals surface area contributed by atoms with Crippen LogP contribution in [0.4, 0.5) is 0 Å². The Morgan fingerprint density at radius 1 is 0.493 bits per heavy atom. The van der Waals surface area contributed by atoms with Crippen LogP contribution in [0, 0.1) is 11.8 Å². The molecule has 0 aromatic heterocycles. The van der Waals surface area contributed by atoms with Crippen molar-refractivity contribution in [3.63, 3.8) is 0 Å². The molecule has 9 atom stereocenters. The summed E-state index contributed by atoms with van der Waals surface area (Å²) in [5, 5.41) is 29.1. The molecule has 0 unspecified atom stereocenters. The Labute approximate surface area is 433 Å². The molecule has 1 aromatic carbocycles. The van der Waals surface area contributed by atoms with Crippen LogP contribution < -0.4 is 82.7 Å². The van der Waals surface area contributed by atoms with Crippen molar-refractivity contribution >= 4 is 76.9 Å². The minimum absolute atomic E-state index is 0.0108. The summed E-state index contributed by atoms with van der Waals surface area (Å²) in [7, 11) is 0. The van der Waals surface area contributed by atoms with E-state index < -0.39 is 156 Å². The van der Waals surface area contributed by atoms with Crippen LogP contribution in [0.3, 0.4) is 0 Å². The van der Waals surface area contributed by atoms with Gasteiger partial charge in [0.25, 0.3) is 0 Å². The number of nitrogens with two attached hydrogens (primary N) is 7. The van der Waals surface area contributed by atoms with Crippen LogP contribution in [0.2, 0.25) is 0 Å². The van der Waals surface area contributed by atoms with E-state index in [1.165, 1.54) is 6.92 Å². The topological polar surface area (TPSA) is 516 Å². The van der Waals surface area contributed by atoms with Gasteiger partial charge in [0.2, 0.25) is 65.0 Å². The van der Waals surface area contributed by atoms with E-state index >= 15 is 0 Å². The van der Waals surface area contributed by atoms with Gasteiger partial charge < -0.3 is 87.8 Å². The third-order valence-corrected chi connectivity index (χ3v) is 11.1. The summed E-state index contributed by atoms with van der Waals surface area (Å²) < 4.78 is 0. The molecule has 23 N–H and O–H groups in total. The van der Waals surface area contributed by atoms with Gasteiger partial charge in [-0.25, -0.2) is 4.79 Å². The second-order valence-electron chi connectivity index (χ2n) is 18.4. The number of hydrogen-bond acceptors (Lipinski definition) is 15. The number of rotatable bonds is 35. The third kappa shape index (κ3) is 25.0. The van der Waals surface area contributed by atoms with E-state index in [9.17, 15) is 62.6 Å². The zero-order valence-corrected chi connectivity index (χ0v) is 42.9. The quantitative estimate of drug-likeness (QED) is 0.0171. The Morgan fingerprint density at radius 2 is 0.920 bits per heavy atom. The lowest BCUT2D eigenvalue weighted by molar-refractivity contribution is -0.144. The van der Waals surface area contributed by atoms with E-state index in [0.29, 0.717) is 18.4 Å². The van der Waals surface area contributed by atoms with Crippen molar-refractivity contribution in [2.24, 2.45) is 57.0 Å². The minimum Gasteiger partial charge on any atom is -0.480 e. The van der Waals surface area contributed by atoms with Crippen molar-refractivity contribution in [3.8, 4) is 0 Å². The summed E-state index contributed by atoms with van der Waals surface area (Å²) in [4.78, 5) is 159. The van der Waals surface area contributed by atoms with Crippen molar-refractivity contribution in [1.82, 2.24) is 42.5 Å². The first-order valence-electron chi connectivity index (χ1n) is 24.1.